The van der Waals surface area contributed by atoms with Gasteiger partial charge in [0, 0.05) is 30.0 Å². The monoisotopic (exact) mass is 357 g/mol. The van der Waals surface area contributed by atoms with Crippen LogP contribution in [0, 0.1) is 0 Å². The van der Waals surface area contributed by atoms with Crippen LogP contribution in [0.1, 0.15) is 51.0 Å². The van der Waals surface area contributed by atoms with Gasteiger partial charge in [0.1, 0.15) is 0 Å². The molecule has 0 radical (unpaired) electrons. The van der Waals surface area contributed by atoms with E-state index in [-0.39, 0.29) is 5.91 Å². The van der Waals surface area contributed by atoms with Crippen LogP contribution >= 0.6 is 11.8 Å². The highest BCUT2D eigenvalue weighted by molar-refractivity contribution is 7.99. The zero-order chi connectivity index (χ0) is 17.1. The Hall–Kier alpha value is -1.89. The second-order valence-corrected chi connectivity index (χ2v) is 7.78. The first-order chi connectivity index (χ1) is 12.3. The average Bonchev–Trinajstić information content (AvgIpc) is 3.37. The molecule has 0 bridgehead atoms. The summed E-state index contributed by atoms with van der Waals surface area (Å²) in [7, 11) is 0. The van der Waals surface area contributed by atoms with E-state index in [1.165, 1.54) is 31.0 Å². The maximum Gasteiger partial charge on any atom is 0.230 e. The third-order valence-electron chi connectivity index (χ3n) is 4.80. The van der Waals surface area contributed by atoms with E-state index >= 15 is 0 Å². The molecule has 0 unspecified atom stereocenters. The van der Waals surface area contributed by atoms with Gasteiger partial charge in [-0.2, -0.15) is 0 Å². The van der Waals surface area contributed by atoms with Crippen molar-refractivity contribution in [3.05, 3.63) is 24.5 Å². The van der Waals surface area contributed by atoms with E-state index in [4.69, 9.17) is 0 Å². The van der Waals surface area contributed by atoms with Gasteiger partial charge < -0.3 is 5.32 Å². The van der Waals surface area contributed by atoms with Crippen LogP contribution in [-0.2, 0) is 4.79 Å². The van der Waals surface area contributed by atoms with E-state index in [9.17, 15) is 4.79 Å². The molecule has 0 saturated heterocycles. The van der Waals surface area contributed by atoms with Gasteiger partial charge in [-0.1, -0.05) is 31.0 Å². The van der Waals surface area contributed by atoms with Crippen LogP contribution in [0.2, 0.25) is 0 Å². The zero-order valence-corrected chi connectivity index (χ0v) is 15.0. The fourth-order valence-electron chi connectivity index (χ4n) is 3.36. The molecule has 0 atom stereocenters. The number of hydrogen-bond acceptors (Lipinski definition) is 5. The minimum atomic E-state index is 0.0913. The molecular weight excluding hydrogens is 334 g/mol. The Morgan fingerprint density at radius 2 is 2.04 bits per heavy atom. The summed E-state index contributed by atoms with van der Waals surface area (Å²) in [6.07, 6.45) is 11.9. The van der Waals surface area contributed by atoms with Crippen LogP contribution in [0.4, 0.5) is 0 Å². The summed E-state index contributed by atoms with van der Waals surface area (Å²) >= 11 is 1.49. The van der Waals surface area contributed by atoms with Crippen LogP contribution in [0.15, 0.2) is 29.7 Å². The molecule has 6 nitrogen and oxygen atoms in total. The highest BCUT2D eigenvalue weighted by atomic mass is 32.2. The molecule has 25 heavy (non-hydrogen) atoms. The van der Waals surface area contributed by atoms with Crippen LogP contribution in [0.3, 0.4) is 0 Å². The van der Waals surface area contributed by atoms with Crippen LogP contribution in [-0.4, -0.2) is 37.5 Å². The molecule has 1 amide bonds. The third-order valence-corrected chi connectivity index (χ3v) is 5.74. The van der Waals surface area contributed by atoms with Crippen molar-refractivity contribution in [3.63, 3.8) is 0 Å². The van der Waals surface area contributed by atoms with E-state index in [2.05, 4.69) is 25.1 Å². The predicted molar refractivity (Wildman–Crippen MR) is 97.3 cm³/mol. The lowest BCUT2D eigenvalue weighted by Gasteiger charge is -2.25. The maximum atomic E-state index is 12.0. The molecule has 2 aromatic rings. The summed E-state index contributed by atoms with van der Waals surface area (Å²) in [4.78, 5) is 16.3. The van der Waals surface area contributed by atoms with Gasteiger partial charge >= 0.3 is 0 Å². The van der Waals surface area contributed by atoms with Crippen molar-refractivity contribution in [3.8, 4) is 11.4 Å². The molecule has 2 aliphatic rings. The summed E-state index contributed by atoms with van der Waals surface area (Å²) in [5.74, 6) is 1.35. The maximum absolute atomic E-state index is 12.0. The number of nitrogens with zero attached hydrogens (tertiary/aromatic N) is 4. The van der Waals surface area contributed by atoms with E-state index < -0.39 is 0 Å². The largest absolute Gasteiger partial charge is 0.353 e. The lowest BCUT2D eigenvalue weighted by Crippen LogP contribution is -2.27. The molecule has 0 spiro atoms. The number of nitrogens with one attached hydrogen (secondary N) is 1. The first-order valence-electron chi connectivity index (χ1n) is 9.09. The second-order valence-electron chi connectivity index (χ2n) is 6.84. The van der Waals surface area contributed by atoms with Crippen LogP contribution < -0.4 is 5.32 Å². The van der Waals surface area contributed by atoms with Gasteiger partial charge in [-0.25, -0.2) is 0 Å². The highest BCUT2D eigenvalue weighted by Gasteiger charge is 2.26. The molecule has 7 heteroatoms. The smallest absolute Gasteiger partial charge is 0.230 e. The van der Waals surface area contributed by atoms with Gasteiger partial charge in [-0.3, -0.25) is 14.3 Å². The summed E-state index contributed by atoms with van der Waals surface area (Å²) in [5, 5.41) is 12.7. The lowest BCUT2D eigenvalue weighted by molar-refractivity contribution is -0.118. The lowest BCUT2D eigenvalue weighted by atomic mass is 9.95. The summed E-state index contributed by atoms with van der Waals surface area (Å²) in [5.41, 5.74) is 0.981. The molecular formula is C18H23N5OS. The number of hydrogen-bond donors (Lipinski definition) is 1. The Labute approximate surface area is 151 Å². The normalized spacial score (nSPS) is 18.2. The molecule has 2 aliphatic carbocycles. The predicted octanol–water partition coefficient (Wildman–Crippen LogP) is 3.22. The number of thioether (sulfide) groups is 1. The number of carbonyl (C=O) groups is 1. The SMILES string of the molecule is O=C(CSc1nnc(-c2cccnc2)n1C1CCCCC1)NC1CC1. The fourth-order valence-corrected chi connectivity index (χ4v) is 4.18. The Morgan fingerprint density at radius 1 is 1.20 bits per heavy atom. The summed E-state index contributed by atoms with van der Waals surface area (Å²) in [6.45, 7) is 0. The van der Waals surface area contributed by atoms with Gasteiger partial charge in [0.05, 0.1) is 5.75 Å². The number of rotatable bonds is 6. The Bertz CT molecular complexity index is 722. The molecule has 2 heterocycles. The van der Waals surface area contributed by atoms with E-state index in [0.717, 1.165) is 42.2 Å². The van der Waals surface area contributed by atoms with Crippen LogP contribution in [0.25, 0.3) is 11.4 Å². The first-order valence-corrected chi connectivity index (χ1v) is 10.1. The number of amides is 1. The van der Waals surface area contributed by atoms with Gasteiger partial charge in [0.15, 0.2) is 11.0 Å². The van der Waals surface area contributed by atoms with Crippen molar-refractivity contribution in [2.24, 2.45) is 0 Å². The molecule has 132 valence electrons. The van der Waals surface area contributed by atoms with Gasteiger partial charge in [0.25, 0.3) is 0 Å². The quantitative estimate of drug-likeness (QED) is 0.804. The number of carbonyl (C=O) groups excluding carboxylic acids is 1. The van der Waals surface area contributed by atoms with Crippen molar-refractivity contribution in [1.29, 1.82) is 0 Å². The number of aromatic nitrogens is 4. The average molecular weight is 357 g/mol. The van der Waals surface area contributed by atoms with E-state index in [1.807, 2.05) is 18.3 Å². The minimum Gasteiger partial charge on any atom is -0.353 e. The molecule has 2 aromatic heterocycles. The molecule has 2 fully saturated rings. The summed E-state index contributed by atoms with van der Waals surface area (Å²) < 4.78 is 2.24. The van der Waals surface area contributed by atoms with Crippen molar-refractivity contribution < 1.29 is 4.79 Å². The van der Waals surface area contributed by atoms with E-state index in [1.54, 1.807) is 6.20 Å². The zero-order valence-electron chi connectivity index (χ0n) is 14.2. The molecule has 1 N–H and O–H groups in total. The molecule has 2 saturated carbocycles. The van der Waals surface area contributed by atoms with Gasteiger partial charge in [-0.15, -0.1) is 10.2 Å². The highest BCUT2D eigenvalue weighted by Crippen LogP contribution is 2.35. The fraction of sp³-hybridized carbons (Fsp3) is 0.556. The Morgan fingerprint density at radius 3 is 2.76 bits per heavy atom. The standard InChI is InChI=1S/C18H23N5OS/c24-16(20-14-8-9-14)12-25-18-22-21-17(13-5-4-10-19-11-13)23(18)15-6-2-1-3-7-15/h4-5,10-11,14-15H,1-3,6-9,12H2,(H,20,24). The molecule has 4 rings (SSSR count). The minimum absolute atomic E-state index is 0.0913. The summed E-state index contributed by atoms with van der Waals surface area (Å²) in [6, 6.07) is 4.75. The van der Waals surface area contributed by atoms with Gasteiger partial charge in [-0.05, 0) is 37.8 Å². The second kappa shape index (κ2) is 7.56. The topological polar surface area (TPSA) is 72.7 Å². The van der Waals surface area contributed by atoms with E-state index in [0.29, 0.717) is 17.8 Å². The van der Waals surface area contributed by atoms with Crippen LogP contribution in [0.5, 0.6) is 0 Å². The Kier molecular flexibility index (Phi) is 5.01. The Balaban J connectivity index is 1.56. The van der Waals surface area contributed by atoms with Gasteiger partial charge in [0.2, 0.25) is 5.91 Å². The number of pyridine rings is 1. The molecule has 0 aromatic carbocycles. The first kappa shape index (κ1) is 16.6. The molecule has 0 aliphatic heterocycles. The third kappa shape index (κ3) is 4.03. The van der Waals surface area contributed by atoms with Crippen molar-refractivity contribution >= 4 is 17.7 Å². The van der Waals surface area contributed by atoms with Crippen molar-refractivity contribution in [2.45, 2.75) is 62.2 Å². The van der Waals surface area contributed by atoms with Crippen molar-refractivity contribution in [2.75, 3.05) is 5.75 Å². The van der Waals surface area contributed by atoms with Crippen molar-refractivity contribution in [1.82, 2.24) is 25.1 Å².